The first-order valence-corrected chi connectivity index (χ1v) is 9.49. The van der Waals surface area contributed by atoms with Crippen molar-refractivity contribution in [2.45, 2.75) is 77.3 Å². The van der Waals surface area contributed by atoms with E-state index in [9.17, 15) is 5.11 Å². The Hall–Kier alpha value is -0.123. The van der Waals surface area contributed by atoms with Crippen molar-refractivity contribution in [1.82, 2.24) is 0 Å². The summed E-state index contributed by atoms with van der Waals surface area (Å²) >= 11 is 0. The lowest BCUT2D eigenvalue weighted by Gasteiger charge is -2.38. The van der Waals surface area contributed by atoms with Crippen LogP contribution in [0.15, 0.2) is 12.7 Å². The van der Waals surface area contributed by atoms with E-state index in [1.165, 1.54) is 0 Å². The Morgan fingerprint density at radius 3 is 2.18 bits per heavy atom. The zero-order chi connectivity index (χ0) is 13.7. The van der Waals surface area contributed by atoms with Crippen LogP contribution in [-0.2, 0) is 4.43 Å². The molecule has 2 nitrogen and oxygen atoms in total. The molecule has 0 heterocycles. The van der Waals surface area contributed by atoms with Crippen LogP contribution in [-0.4, -0.2) is 25.6 Å². The quantitative estimate of drug-likeness (QED) is 0.550. The van der Waals surface area contributed by atoms with Crippen molar-refractivity contribution < 1.29 is 9.53 Å². The van der Waals surface area contributed by atoms with E-state index in [0.29, 0.717) is 0 Å². The van der Waals surface area contributed by atoms with Crippen molar-refractivity contribution in [2.75, 3.05) is 0 Å². The summed E-state index contributed by atoms with van der Waals surface area (Å²) in [5, 5.41) is 9.48. The van der Waals surface area contributed by atoms with Gasteiger partial charge >= 0.3 is 0 Å². The normalized spacial score (nSPS) is 16.6. The number of hydrogen-bond acceptors (Lipinski definition) is 2. The standard InChI is InChI=1S/C14H30O2Si/c1-8-13(11-9-10-12(2)15)16-17(6,7)14(3,4)5/h8,12-13,15H,1,9-11H2,2-7H3/t12-,13-/m0/s1. The van der Waals surface area contributed by atoms with Crippen molar-refractivity contribution in [3.05, 3.63) is 12.7 Å². The molecule has 2 atom stereocenters. The molecule has 0 bridgehead atoms. The van der Waals surface area contributed by atoms with Gasteiger partial charge in [-0.3, -0.25) is 0 Å². The highest BCUT2D eigenvalue weighted by Gasteiger charge is 2.38. The predicted octanol–water partition coefficient (Wildman–Crippen LogP) is 4.11. The third-order valence-electron chi connectivity index (χ3n) is 3.63. The fourth-order valence-corrected chi connectivity index (χ4v) is 2.72. The third-order valence-corrected chi connectivity index (χ3v) is 8.13. The van der Waals surface area contributed by atoms with Crippen LogP contribution in [0.4, 0.5) is 0 Å². The molecule has 3 heteroatoms. The maximum atomic E-state index is 9.24. The molecule has 17 heavy (non-hydrogen) atoms. The van der Waals surface area contributed by atoms with Gasteiger partial charge in [0.25, 0.3) is 0 Å². The van der Waals surface area contributed by atoms with Crippen LogP contribution >= 0.6 is 0 Å². The Kier molecular flexibility index (Phi) is 6.67. The number of rotatable bonds is 7. The monoisotopic (exact) mass is 258 g/mol. The Bertz CT molecular complexity index is 229. The Labute approximate surface area is 108 Å². The van der Waals surface area contributed by atoms with Crippen LogP contribution in [0.3, 0.4) is 0 Å². The number of aliphatic hydroxyl groups is 1. The van der Waals surface area contributed by atoms with E-state index < -0.39 is 8.32 Å². The van der Waals surface area contributed by atoms with Crippen molar-refractivity contribution in [2.24, 2.45) is 0 Å². The minimum Gasteiger partial charge on any atom is -0.411 e. The fourth-order valence-electron chi connectivity index (χ4n) is 1.39. The maximum absolute atomic E-state index is 9.24. The highest BCUT2D eigenvalue weighted by atomic mass is 28.4. The molecule has 0 unspecified atom stereocenters. The van der Waals surface area contributed by atoms with Crippen molar-refractivity contribution in [3.63, 3.8) is 0 Å². The lowest BCUT2D eigenvalue weighted by atomic mass is 10.1. The summed E-state index contributed by atoms with van der Waals surface area (Å²) in [7, 11) is -1.70. The summed E-state index contributed by atoms with van der Waals surface area (Å²) in [5.41, 5.74) is 0. The summed E-state index contributed by atoms with van der Waals surface area (Å²) in [5.74, 6) is 0. The van der Waals surface area contributed by atoms with Gasteiger partial charge in [-0.1, -0.05) is 26.8 Å². The average molecular weight is 258 g/mol. The Morgan fingerprint density at radius 2 is 1.82 bits per heavy atom. The maximum Gasteiger partial charge on any atom is 0.192 e. The summed E-state index contributed by atoms with van der Waals surface area (Å²) in [6, 6.07) is 0. The summed E-state index contributed by atoms with van der Waals surface area (Å²) in [6.45, 7) is 17.0. The molecule has 0 rings (SSSR count). The molecule has 0 aliphatic heterocycles. The van der Waals surface area contributed by atoms with Gasteiger partial charge in [-0.05, 0) is 44.3 Å². The second-order valence-corrected chi connectivity index (χ2v) is 11.2. The van der Waals surface area contributed by atoms with Gasteiger partial charge in [-0.15, -0.1) is 6.58 Å². The van der Waals surface area contributed by atoms with E-state index in [0.717, 1.165) is 19.3 Å². The van der Waals surface area contributed by atoms with E-state index in [1.54, 1.807) is 0 Å². The topological polar surface area (TPSA) is 29.5 Å². The van der Waals surface area contributed by atoms with Crippen molar-refractivity contribution in [1.29, 1.82) is 0 Å². The van der Waals surface area contributed by atoms with E-state index in [1.807, 2.05) is 13.0 Å². The lowest BCUT2D eigenvalue weighted by molar-refractivity contribution is 0.166. The van der Waals surface area contributed by atoms with E-state index in [4.69, 9.17) is 4.43 Å². The Balaban J connectivity index is 4.26. The molecule has 1 N–H and O–H groups in total. The van der Waals surface area contributed by atoms with Crippen LogP contribution in [0.2, 0.25) is 18.1 Å². The minimum absolute atomic E-state index is 0.134. The zero-order valence-corrected chi connectivity index (χ0v) is 13.4. The molecule has 0 fully saturated rings. The largest absolute Gasteiger partial charge is 0.411 e. The van der Waals surface area contributed by atoms with Gasteiger partial charge in [-0.2, -0.15) is 0 Å². The molecule has 0 amide bonds. The SMILES string of the molecule is C=C[C@@H](CCC[C@H](C)O)O[Si](C)(C)C(C)(C)C. The Morgan fingerprint density at radius 1 is 1.29 bits per heavy atom. The van der Waals surface area contributed by atoms with Gasteiger partial charge in [0.15, 0.2) is 8.32 Å². The van der Waals surface area contributed by atoms with Crippen LogP contribution in [0.25, 0.3) is 0 Å². The van der Waals surface area contributed by atoms with Crippen molar-refractivity contribution in [3.8, 4) is 0 Å². The highest BCUT2D eigenvalue weighted by Crippen LogP contribution is 2.37. The van der Waals surface area contributed by atoms with E-state index in [-0.39, 0.29) is 17.2 Å². The summed E-state index contributed by atoms with van der Waals surface area (Å²) < 4.78 is 6.27. The second kappa shape index (κ2) is 6.71. The molecule has 0 radical (unpaired) electrons. The molecule has 0 spiro atoms. The number of aliphatic hydroxyl groups excluding tert-OH is 1. The zero-order valence-electron chi connectivity index (χ0n) is 12.4. The minimum atomic E-state index is -1.70. The fraction of sp³-hybridized carbons (Fsp3) is 0.857. The lowest BCUT2D eigenvalue weighted by Crippen LogP contribution is -2.43. The van der Waals surface area contributed by atoms with Crippen LogP contribution in [0.1, 0.15) is 47.0 Å². The van der Waals surface area contributed by atoms with Gasteiger partial charge < -0.3 is 9.53 Å². The molecule has 0 aromatic carbocycles. The second-order valence-electron chi connectivity index (χ2n) is 6.43. The average Bonchev–Trinajstić information content (AvgIpc) is 2.13. The third kappa shape index (κ3) is 6.39. The van der Waals surface area contributed by atoms with Crippen LogP contribution < -0.4 is 0 Å². The van der Waals surface area contributed by atoms with E-state index in [2.05, 4.69) is 40.4 Å². The molecule has 102 valence electrons. The molecule has 0 saturated heterocycles. The molecular formula is C14H30O2Si. The molecule has 0 saturated carbocycles. The molecule has 0 aliphatic rings. The van der Waals surface area contributed by atoms with Gasteiger partial charge in [0.2, 0.25) is 0 Å². The van der Waals surface area contributed by atoms with Crippen LogP contribution in [0.5, 0.6) is 0 Å². The van der Waals surface area contributed by atoms with Gasteiger partial charge in [0.1, 0.15) is 0 Å². The molecular weight excluding hydrogens is 228 g/mol. The first kappa shape index (κ1) is 16.9. The molecule has 0 aromatic heterocycles. The molecule has 0 aliphatic carbocycles. The first-order valence-electron chi connectivity index (χ1n) is 6.58. The summed E-state index contributed by atoms with van der Waals surface area (Å²) in [6.07, 6.45) is 4.61. The van der Waals surface area contributed by atoms with Gasteiger partial charge in [0, 0.05) is 0 Å². The molecule has 0 aromatic rings. The van der Waals surface area contributed by atoms with Crippen molar-refractivity contribution >= 4 is 8.32 Å². The summed E-state index contributed by atoms with van der Waals surface area (Å²) in [4.78, 5) is 0. The van der Waals surface area contributed by atoms with Gasteiger partial charge in [0.05, 0.1) is 12.2 Å². The number of hydrogen-bond donors (Lipinski definition) is 1. The van der Waals surface area contributed by atoms with Crippen LogP contribution in [0, 0.1) is 0 Å². The smallest absolute Gasteiger partial charge is 0.192 e. The highest BCUT2D eigenvalue weighted by molar-refractivity contribution is 6.74. The predicted molar refractivity (Wildman–Crippen MR) is 77.8 cm³/mol. The first-order chi connectivity index (χ1) is 7.60. The van der Waals surface area contributed by atoms with Gasteiger partial charge in [-0.25, -0.2) is 0 Å². The van der Waals surface area contributed by atoms with E-state index >= 15 is 0 Å².